The summed E-state index contributed by atoms with van der Waals surface area (Å²) in [6.07, 6.45) is 7.19. The molecule has 7 nitrogen and oxygen atoms in total. The summed E-state index contributed by atoms with van der Waals surface area (Å²) in [5.74, 6) is 0.306. The molecule has 0 saturated heterocycles. The normalized spacial score (nSPS) is 11.0. The molecule has 0 bridgehead atoms. The summed E-state index contributed by atoms with van der Waals surface area (Å²) < 4.78 is 3.97. The molecular formula is C18H22N6OS. The number of imidazole rings is 1. The number of carbonyl (C=O) groups excluding carboxylic acids is 1. The molecule has 0 aliphatic rings. The van der Waals surface area contributed by atoms with E-state index in [-0.39, 0.29) is 11.9 Å². The second-order valence-electron chi connectivity index (χ2n) is 6.23. The molecule has 1 amide bonds. The first-order valence-corrected chi connectivity index (χ1v) is 9.43. The van der Waals surface area contributed by atoms with Gasteiger partial charge in [0.15, 0.2) is 5.16 Å². The number of nitrogens with one attached hydrogen (secondary N) is 1. The monoisotopic (exact) mass is 370 g/mol. The van der Waals surface area contributed by atoms with Gasteiger partial charge in [-0.05, 0) is 25.0 Å². The van der Waals surface area contributed by atoms with E-state index in [0.29, 0.717) is 12.3 Å². The van der Waals surface area contributed by atoms with Crippen LogP contribution in [0.5, 0.6) is 0 Å². The van der Waals surface area contributed by atoms with Crippen molar-refractivity contribution in [2.75, 3.05) is 5.75 Å². The molecule has 1 N–H and O–H groups in total. The van der Waals surface area contributed by atoms with Crippen LogP contribution in [0.3, 0.4) is 0 Å². The fourth-order valence-corrected chi connectivity index (χ4v) is 3.30. The lowest BCUT2D eigenvalue weighted by Crippen LogP contribution is -2.24. The third-order valence-corrected chi connectivity index (χ3v) is 4.82. The Bertz CT molecular complexity index is 826. The summed E-state index contributed by atoms with van der Waals surface area (Å²) in [4.78, 5) is 16.1. The van der Waals surface area contributed by atoms with Crippen LogP contribution in [0.25, 0.3) is 0 Å². The quantitative estimate of drug-likeness (QED) is 0.617. The smallest absolute Gasteiger partial charge is 0.230 e. The number of hydrogen-bond acceptors (Lipinski definition) is 5. The van der Waals surface area contributed by atoms with E-state index in [9.17, 15) is 4.79 Å². The molecule has 0 fully saturated rings. The molecule has 1 aromatic carbocycles. The zero-order valence-electron chi connectivity index (χ0n) is 14.9. The minimum Gasteiger partial charge on any atom is -0.351 e. The minimum absolute atomic E-state index is 0.0178. The Hall–Kier alpha value is -2.61. The molecule has 2 heterocycles. The number of rotatable bonds is 8. The van der Waals surface area contributed by atoms with Gasteiger partial charge in [0.05, 0.1) is 12.1 Å². The maximum atomic E-state index is 12.1. The molecule has 0 radical (unpaired) electrons. The number of benzene rings is 1. The second-order valence-corrected chi connectivity index (χ2v) is 7.17. The first kappa shape index (κ1) is 18.2. The Morgan fingerprint density at radius 1 is 1.19 bits per heavy atom. The maximum absolute atomic E-state index is 12.1. The van der Waals surface area contributed by atoms with Crippen LogP contribution < -0.4 is 5.32 Å². The van der Waals surface area contributed by atoms with Crippen molar-refractivity contribution in [3.05, 3.63) is 60.4 Å². The highest BCUT2D eigenvalue weighted by Crippen LogP contribution is 2.18. The molecule has 0 atom stereocenters. The lowest BCUT2D eigenvalue weighted by atomic mass is 10.1. The molecular weight excluding hydrogens is 348 g/mol. The number of carbonyl (C=O) groups is 1. The summed E-state index contributed by atoms with van der Waals surface area (Å²) in [5, 5.41) is 11.7. The van der Waals surface area contributed by atoms with E-state index in [0.717, 1.165) is 17.3 Å². The minimum atomic E-state index is -0.0178. The summed E-state index contributed by atoms with van der Waals surface area (Å²) in [6.45, 7) is 5.43. The van der Waals surface area contributed by atoms with E-state index in [1.54, 1.807) is 18.9 Å². The fraction of sp³-hybridized carbons (Fsp3) is 0.333. The van der Waals surface area contributed by atoms with Gasteiger partial charge in [0.2, 0.25) is 5.91 Å². The van der Waals surface area contributed by atoms with E-state index in [2.05, 4.69) is 46.5 Å². The van der Waals surface area contributed by atoms with Crippen LogP contribution in [-0.2, 0) is 17.9 Å². The van der Waals surface area contributed by atoms with Crippen molar-refractivity contribution >= 4 is 17.7 Å². The molecule has 3 rings (SSSR count). The molecule has 3 aromatic rings. The van der Waals surface area contributed by atoms with Crippen LogP contribution in [0.4, 0.5) is 0 Å². The largest absolute Gasteiger partial charge is 0.351 e. The van der Waals surface area contributed by atoms with Crippen molar-refractivity contribution in [3.63, 3.8) is 0 Å². The van der Waals surface area contributed by atoms with Crippen molar-refractivity contribution in [1.29, 1.82) is 0 Å². The summed E-state index contributed by atoms with van der Waals surface area (Å²) >= 11 is 1.40. The molecule has 0 aliphatic heterocycles. The summed E-state index contributed by atoms with van der Waals surface area (Å²) in [6, 6.07) is 8.49. The Kier molecular flexibility index (Phi) is 6.06. The third-order valence-electron chi connectivity index (χ3n) is 3.87. The highest BCUT2D eigenvalue weighted by atomic mass is 32.2. The number of nitrogens with zero attached hydrogens (tertiary/aromatic N) is 5. The van der Waals surface area contributed by atoms with Crippen LogP contribution in [0.1, 0.15) is 31.0 Å². The number of amides is 1. The molecule has 0 spiro atoms. The van der Waals surface area contributed by atoms with Crippen LogP contribution in [0.15, 0.2) is 54.5 Å². The highest BCUT2D eigenvalue weighted by molar-refractivity contribution is 7.99. The highest BCUT2D eigenvalue weighted by Gasteiger charge is 2.10. The second kappa shape index (κ2) is 8.66. The maximum Gasteiger partial charge on any atom is 0.230 e. The van der Waals surface area contributed by atoms with Gasteiger partial charge >= 0.3 is 0 Å². The van der Waals surface area contributed by atoms with E-state index in [1.807, 2.05) is 27.5 Å². The van der Waals surface area contributed by atoms with Crippen LogP contribution in [-0.4, -0.2) is 36.0 Å². The standard InChI is InChI=1S/C18H22N6OS/c1-14(2)24-13-21-22-18(24)26-11-17(25)20-9-15-3-5-16(6-4-15)10-23-8-7-19-12-23/h3-8,12-14H,9-11H2,1-2H3,(H,20,25). The first-order chi connectivity index (χ1) is 12.6. The zero-order valence-corrected chi connectivity index (χ0v) is 15.7. The molecule has 2 aromatic heterocycles. The Balaban J connectivity index is 1.44. The van der Waals surface area contributed by atoms with Crippen LogP contribution >= 0.6 is 11.8 Å². The van der Waals surface area contributed by atoms with Gasteiger partial charge in [0.1, 0.15) is 6.33 Å². The van der Waals surface area contributed by atoms with Gasteiger partial charge in [0, 0.05) is 31.5 Å². The Labute approximate surface area is 156 Å². The Morgan fingerprint density at radius 3 is 2.65 bits per heavy atom. The van der Waals surface area contributed by atoms with E-state index >= 15 is 0 Å². The van der Waals surface area contributed by atoms with E-state index < -0.39 is 0 Å². The first-order valence-electron chi connectivity index (χ1n) is 8.44. The van der Waals surface area contributed by atoms with Gasteiger partial charge < -0.3 is 14.5 Å². The van der Waals surface area contributed by atoms with Gasteiger partial charge in [-0.15, -0.1) is 10.2 Å². The SMILES string of the molecule is CC(C)n1cnnc1SCC(=O)NCc1ccc(Cn2ccnc2)cc1. The van der Waals surface area contributed by atoms with Crippen LogP contribution in [0.2, 0.25) is 0 Å². The van der Waals surface area contributed by atoms with Gasteiger partial charge in [-0.1, -0.05) is 36.0 Å². The molecule has 8 heteroatoms. The molecule has 0 aliphatic carbocycles. The van der Waals surface area contributed by atoms with Gasteiger partial charge in [0.25, 0.3) is 0 Å². The van der Waals surface area contributed by atoms with Crippen molar-refractivity contribution in [1.82, 2.24) is 29.6 Å². The lowest BCUT2D eigenvalue weighted by Gasteiger charge is -2.10. The average Bonchev–Trinajstić information content (AvgIpc) is 3.31. The van der Waals surface area contributed by atoms with Crippen LogP contribution in [0, 0.1) is 0 Å². The Morgan fingerprint density at radius 2 is 1.96 bits per heavy atom. The predicted molar refractivity (Wildman–Crippen MR) is 101 cm³/mol. The molecule has 0 unspecified atom stereocenters. The summed E-state index contributed by atoms with van der Waals surface area (Å²) in [7, 11) is 0. The number of aromatic nitrogens is 5. The van der Waals surface area contributed by atoms with Gasteiger partial charge in [-0.3, -0.25) is 4.79 Å². The average molecular weight is 370 g/mol. The number of hydrogen-bond donors (Lipinski definition) is 1. The summed E-state index contributed by atoms with van der Waals surface area (Å²) in [5.41, 5.74) is 2.27. The third kappa shape index (κ3) is 4.95. The topological polar surface area (TPSA) is 77.6 Å². The van der Waals surface area contributed by atoms with E-state index in [4.69, 9.17) is 0 Å². The molecule has 26 heavy (non-hydrogen) atoms. The number of thioether (sulfide) groups is 1. The van der Waals surface area contributed by atoms with Gasteiger partial charge in [-0.2, -0.15) is 0 Å². The van der Waals surface area contributed by atoms with Crippen molar-refractivity contribution in [3.8, 4) is 0 Å². The van der Waals surface area contributed by atoms with Crippen molar-refractivity contribution < 1.29 is 4.79 Å². The fourth-order valence-electron chi connectivity index (χ4n) is 2.42. The molecule has 0 saturated carbocycles. The zero-order chi connectivity index (χ0) is 18.4. The lowest BCUT2D eigenvalue weighted by molar-refractivity contribution is -0.118. The predicted octanol–water partition coefficient (Wildman–Crippen LogP) is 2.51. The van der Waals surface area contributed by atoms with E-state index in [1.165, 1.54) is 17.3 Å². The van der Waals surface area contributed by atoms with Gasteiger partial charge in [-0.25, -0.2) is 4.98 Å². The molecule has 136 valence electrons. The van der Waals surface area contributed by atoms with Crippen molar-refractivity contribution in [2.45, 2.75) is 38.1 Å². The van der Waals surface area contributed by atoms with Crippen molar-refractivity contribution in [2.24, 2.45) is 0 Å².